The van der Waals surface area contributed by atoms with Crippen LogP contribution < -0.4 is 5.32 Å². The minimum Gasteiger partial charge on any atom is -0.317 e. The third-order valence-electron chi connectivity index (χ3n) is 5.62. The predicted molar refractivity (Wildman–Crippen MR) is 93.4 cm³/mol. The van der Waals surface area contributed by atoms with Gasteiger partial charge in [-0.05, 0) is 86.6 Å². The molecule has 2 fully saturated rings. The normalized spacial score (nSPS) is 29.0. The van der Waals surface area contributed by atoms with Crippen molar-refractivity contribution in [3.05, 3.63) is 34.3 Å². The first-order valence-electron chi connectivity index (χ1n) is 8.69. The second kappa shape index (κ2) is 7.28. The van der Waals surface area contributed by atoms with Crippen LogP contribution in [0.5, 0.6) is 0 Å². The van der Waals surface area contributed by atoms with E-state index in [1.807, 2.05) is 0 Å². The number of halogens is 1. The summed E-state index contributed by atoms with van der Waals surface area (Å²) in [5, 5.41) is 3.59. The van der Waals surface area contributed by atoms with Gasteiger partial charge in [0, 0.05) is 4.47 Å². The molecule has 116 valence electrons. The monoisotopic (exact) mass is 349 g/mol. The molecule has 1 aromatic rings. The van der Waals surface area contributed by atoms with Gasteiger partial charge in [0.2, 0.25) is 0 Å². The summed E-state index contributed by atoms with van der Waals surface area (Å²) in [6.07, 6.45) is 8.74. The molecule has 3 rings (SSSR count). The molecule has 1 aromatic carbocycles. The first kappa shape index (κ1) is 15.6. The van der Waals surface area contributed by atoms with Gasteiger partial charge >= 0.3 is 0 Å². The van der Waals surface area contributed by atoms with E-state index in [1.54, 1.807) is 0 Å². The second-order valence-electron chi connectivity index (χ2n) is 7.18. The van der Waals surface area contributed by atoms with E-state index in [2.05, 4.69) is 52.4 Å². The maximum Gasteiger partial charge on any atom is 0.0177 e. The smallest absolute Gasteiger partial charge is 0.0177 e. The highest BCUT2D eigenvalue weighted by Crippen LogP contribution is 2.50. The summed E-state index contributed by atoms with van der Waals surface area (Å²) in [6.45, 7) is 4.48. The van der Waals surface area contributed by atoms with Crippen molar-refractivity contribution in [3.8, 4) is 0 Å². The average Bonchev–Trinajstić information content (AvgIpc) is 3.07. The van der Waals surface area contributed by atoms with Gasteiger partial charge in [-0.15, -0.1) is 0 Å². The van der Waals surface area contributed by atoms with Crippen molar-refractivity contribution >= 4 is 15.9 Å². The Hall–Kier alpha value is -0.340. The fraction of sp³-hybridized carbons (Fsp3) is 0.684. The van der Waals surface area contributed by atoms with Crippen LogP contribution in [-0.2, 0) is 6.42 Å². The molecule has 0 aromatic heterocycles. The topological polar surface area (TPSA) is 12.0 Å². The van der Waals surface area contributed by atoms with Gasteiger partial charge in [-0.25, -0.2) is 0 Å². The SMILES string of the molecule is CCNCC(Cc1cccc(Br)c1)CC1CC2CCC1C2. The molecule has 4 atom stereocenters. The Morgan fingerprint density at radius 3 is 2.86 bits per heavy atom. The zero-order valence-electron chi connectivity index (χ0n) is 13.2. The predicted octanol–water partition coefficient (Wildman–Crippen LogP) is 5.04. The molecule has 2 aliphatic carbocycles. The van der Waals surface area contributed by atoms with Crippen LogP contribution in [0.4, 0.5) is 0 Å². The maximum absolute atomic E-state index is 3.60. The molecule has 0 spiro atoms. The van der Waals surface area contributed by atoms with Crippen molar-refractivity contribution in [2.75, 3.05) is 13.1 Å². The van der Waals surface area contributed by atoms with E-state index in [1.165, 1.54) is 55.1 Å². The highest BCUT2D eigenvalue weighted by molar-refractivity contribution is 9.10. The van der Waals surface area contributed by atoms with Crippen LogP contribution in [-0.4, -0.2) is 13.1 Å². The van der Waals surface area contributed by atoms with E-state index < -0.39 is 0 Å². The van der Waals surface area contributed by atoms with Crippen molar-refractivity contribution < 1.29 is 0 Å². The Bertz CT molecular complexity index is 459. The summed E-state index contributed by atoms with van der Waals surface area (Å²) in [7, 11) is 0. The van der Waals surface area contributed by atoms with Gasteiger partial charge in [0.25, 0.3) is 0 Å². The Kier molecular flexibility index (Phi) is 5.39. The molecular formula is C19H28BrN. The van der Waals surface area contributed by atoms with Crippen LogP contribution >= 0.6 is 15.9 Å². The molecule has 2 saturated carbocycles. The lowest BCUT2D eigenvalue weighted by molar-refractivity contribution is 0.262. The number of nitrogens with one attached hydrogen (secondary N) is 1. The van der Waals surface area contributed by atoms with E-state index in [9.17, 15) is 0 Å². The molecule has 0 radical (unpaired) electrons. The number of hydrogen-bond donors (Lipinski definition) is 1. The van der Waals surface area contributed by atoms with E-state index in [4.69, 9.17) is 0 Å². The lowest BCUT2D eigenvalue weighted by Crippen LogP contribution is -2.27. The van der Waals surface area contributed by atoms with Crippen LogP contribution in [0, 0.1) is 23.7 Å². The van der Waals surface area contributed by atoms with E-state index >= 15 is 0 Å². The number of rotatable bonds is 7. The summed E-state index contributed by atoms with van der Waals surface area (Å²) in [5.41, 5.74) is 1.48. The van der Waals surface area contributed by atoms with E-state index in [0.717, 1.165) is 30.2 Å². The van der Waals surface area contributed by atoms with E-state index in [-0.39, 0.29) is 0 Å². The average molecular weight is 350 g/mol. The third kappa shape index (κ3) is 4.10. The van der Waals surface area contributed by atoms with Gasteiger partial charge in [0.05, 0.1) is 0 Å². The van der Waals surface area contributed by atoms with Gasteiger partial charge < -0.3 is 5.32 Å². The van der Waals surface area contributed by atoms with Crippen molar-refractivity contribution in [1.82, 2.24) is 5.32 Å². The molecule has 0 heterocycles. The van der Waals surface area contributed by atoms with Gasteiger partial charge in [-0.3, -0.25) is 0 Å². The van der Waals surface area contributed by atoms with Gasteiger partial charge in [-0.2, -0.15) is 0 Å². The molecule has 2 bridgehead atoms. The first-order chi connectivity index (χ1) is 10.2. The Morgan fingerprint density at radius 1 is 1.29 bits per heavy atom. The van der Waals surface area contributed by atoms with Crippen molar-refractivity contribution in [2.24, 2.45) is 23.7 Å². The molecule has 1 N–H and O–H groups in total. The Labute approximate surface area is 138 Å². The highest BCUT2D eigenvalue weighted by atomic mass is 79.9. The molecule has 2 heteroatoms. The summed E-state index contributed by atoms with van der Waals surface area (Å²) < 4.78 is 1.21. The Morgan fingerprint density at radius 2 is 2.19 bits per heavy atom. The summed E-state index contributed by atoms with van der Waals surface area (Å²) in [6, 6.07) is 8.87. The zero-order chi connectivity index (χ0) is 14.7. The third-order valence-corrected chi connectivity index (χ3v) is 6.11. The zero-order valence-corrected chi connectivity index (χ0v) is 14.7. The largest absolute Gasteiger partial charge is 0.317 e. The molecule has 1 nitrogen and oxygen atoms in total. The summed E-state index contributed by atoms with van der Waals surface area (Å²) in [5.74, 6) is 3.94. The molecule has 21 heavy (non-hydrogen) atoms. The number of benzene rings is 1. The Balaban J connectivity index is 1.60. The van der Waals surface area contributed by atoms with E-state index in [0.29, 0.717) is 0 Å². The molecule has 4 unspecified atom stereocenters. The summed E-state index contributed by atoms with van der Waals surface area (Å²) >= 11 is 3.60. The molecule has 0 amide bonds. The molecule has 2 aliphatic rings. The minimum atomic E-state index is 0.795. The fourth-order valence-electron chi connectivity index (χ4n) is 4.68. The van der Waals surface area contributed by atoms with Crippen LogP contribution in [0.15, 0.2) is 28.7 Å². The number of hydrogen-bond acceptors (Lipinski definition) is 1. The van der Waals surface area contributed by atoms with Gasteiger partial charge in [0.1, 0.15) is 0 Å². The van der Waals surface area contributed by atoms with Crippen LogP contribution in [0.2, 0.25) is 0 Å². The van der Waals surface area contributed by atoms with Crippen molar-refractivity contribution in [1.29, 1.82) is 0 Å². The van der Waals surface area contributed by atoms with Crippen LogP contribution in [0.25, 0.3) is 0 Å². The minimum absolute atomic E-state index is 0.795. The van der Waals surface area contributed by atoms with Gasteiger partial charge in [0.15, 0.2) is 0 Å². The summed E-state index contributed by atoms with van der Waals surface area (Å²) in [4.78, 5) is 0. The highest BCUT2D eigenvalue weighted by Gasteiger charge is 2.39. The number of fused-ring (bicyclic) bond motifs is 2. The fourth-order valence-corrected chi connectivity index (χ4v) is 5.12. The molecular weight excluding hydrogens is 322 g/mol. The molecule has 0 aliphatic heterocycles. The quantitative estimate of drug-likeness (QED) is 0.726. The lowest BCUT2D eigenvalue weighted by Gasteiger charge is -2.27. The van der Waals surface area contributed by atoms with Gasteiger partial charge in [-0.1, -0.05) is 41.4 Å². The van der Waals surface area contributed by atoms with Crippen LogP contribution in [0.1, 0.15) is 44.6 Å². The lowest BCUT2D eigenvalue weighted by atomic mass is 9.80. The second-order valence-corrected chi connectivity index (χ2v) is 8.09. The van der Waals surface area contributed by atoms with Crippen molar-refractivity contribution in [3.63, 3.8) is 0 Å². The first-order valence-corrected chi connectivity index (χ1v) is 9.49. The maximum atomic E-state index is 3.60. The standard InChI is InChI=1S/C19H28BrN/c1-2-21-13-16(8-14-4-3-5-19(20)12-14)11-18-10-15-6-7-17(18)9-15/h3-5,12,15-18,21H,2,6-11,13H2,1H3. The van der Waals surface area contributed by atoms with Crippen molar-refractivity contribution in [2.45, 2.75) is 45.4 Å². The van der Waals surface area contributed by atoms with Crippen LogP contribution in [0.3, 0.4) is 0 Å². The molecule has 0 saturated heterocycles.